The van der Waals surface area contributed by atoms with Crippen molar-refractivity contribution in [2.24, 2.45) is 0 Å². The second-order valence-corrected chi connectivity index (χ2v) is 3.85. The van der Waals surface area contributed by atoms with E-state index in [9.17, 15) is 5.11 Å². The van der Waals surface area contributed by atoms with Gasteiger partial charge in [-0.3, -0.25) is 4.68 Å². The third-order valence-electron chi connectivity index (χ3n) is 2.66. The maximum Gasteiger partial charge on any atom is 0.138 e. The van der Waals surface area contributed by atoms with Crippen molar-refractivity contribution in [2.75, 3.05) is 7.11 Å². The summed E-state index contributed by atoms with van der Waals surface area (Å²) in [5.41, 5.74) is 0. The third-order valence-corrected chi connectivity index (χ3v) is 2.66. The maximum atomic E-state index is 9.97. The zero-order valence-electron chi connectivity index (χ0n) is 10.3. The smallest absolute Gasteiger partial charge is 0.138 e. The lowest BCUT2D eigenvalue weighted by Gasteiger charge is -2.19. The minimum Gasteiger partial charge on any atom is -0.390 e. The Morgan fingerprint density at radius 1 is 1.50 bits per heavy atom. The Labute approximate surface area is 96.5 Å². The molecule has 0 fully saturated rings. The molecule has 0 amide bonds. The zero-order valence-corrected chi connectivity index (χ0v) is 10.3. The fraction of sp³-hybridized carbons (Fsp3) is 0.818. The predicted octanol–water partition coefficient (Wildman–Crippen LogP) is 1.02. The van der Waals surface area contributed by atoms with Gasteiger partial charge in [-0.2, -0.15) is 5.10 Å². The second kappa shape index (κ2) is 6.60. The van der Waals surface area contributed by atoms with Gasteiger partial charge in [-0.15, -0.1) is 0 Å². The van der Waals surface area contributed by atoms with Crippen molar-refractivity contribution in [2.45, 2.75) is 51.9 Å². The van der Waals surface area contributed by atoms with E-state index < -0.39 is 6.10 Å². The largest absolute Gasteiger partial charge is 0.390 e. The molecule has 0 bridgehead atoms. The van der Waals surface area contributed by atoms with Gasteiger partial charge in [-0.05, 0) is 12.8 Å². The van der Waals surface area contributed by atoms with E-state index in [0.717, 1.165) is 25.2 Å². The van der Waals surface area contributed by atoms with Gasteiger partial charge in [0.25, 0.3) is 0 Å². The maximum absolute atomic E-state index is 9.97. The highest BCUT2D eigenvalue weighted by atomic mass is 16.5. The van der Waals surface area contributed by atoms with E-state index in [2.05, 4.69) is 17.0 Å². The van der Waals surface area contributed by atoms with Crippen LogP contribution in [0.4, 0.5) is 0 Å². The number of aryl methyl sites for hydroxylation is 1. The van der Waals surface area contributed by atoms with Gasteiger partial charge in [0.15, 0.2) is 0 Å². The summed E-state index contributed by atoms with van der Waals surface area (Å²) < 4.78 is 7.04. The van der Waals surface area contributed by atoms with E-state index >= 15 is 0 Å². The van der Waals surface area contributed by atoms with Crippen LogP contribution in [-0.4, -0.2) is 39.2 Å². The summed E-state index contributed by atoms with van der Waals surface area (Å²) in [6, 6.07) is 0. The van der Waals surface area contributed by atoms with Gasteiger partial charge in [0.05, 0.1) is 12.2 Å². The van der Waals surface area contributed by atoms with Crippen molar-refractivity contribution >= 4 is 0 Å². The Hall–Kier alpha value is -0.940. The van der Waals surface area contributed by atoms with Crippen molar-refractivity contribution in [3.05, 3.63) is 12.2 Å². The van der Waals surface area contributed by atoms with Gasteiger partial charge in [-0.25, -0.2) is 4.98 Å². The van der Waals surface area contributed by atoms with Crippen molar-refractivity contribution < 1.29 is 9.84 Å². The first-order valence-electron chi connectivity index (χ1n) is 5.80. The molecule has 1 aromatic rings. The van der Waals surface area contributed by atoms with E-state index in [1.165, 1.54) is 6.33 Å². The Balaban J connectivity index is 2.61. The normalized spacial score (nSPS) is 15.0. The van der Waals surface area contributed by atoms with Crippen LogP contribution in [0.1, 0.15) is 32.5 Å². The quantitative estimate of drug-likeness (QED) is 0.755. The molecule has 2 atom stereocenters. The molecule has 1 rings (SSSR count). The SMILES string of the molecule is CCCn1ncnc1CC(O)C(CC)OC. The van der Waals surface area contributed by atoms with Crippen LogP contribution in [0.3, 0.4) is 0 Å². The molecule has 5 heteroatoms. The fourth-order valence-electron chi connectivity index (χ4n) is 1.76. The zero-order chi connectivity index (χ0) is 12.0. The lowest BCUT2D eigenvalue weighted by atomic mass is 10.1. The average Bonchev–Trinajstić information content (AvgIpc) is 2.68. The van der Waals surface area contributed by atoms with E-state index in [1.807, 2.05) is 11.6 Å². The molecule has 0 aliphatic heterocycles. The van der Waals surface area contributed by atoms with E-state index in [1.54, 1.807) is 7.11 Å². The lowest BCUT2D eigenvalue weighted by Crippen LogP contribution is -2.30. The molecule has 0 radical (unpaired) electrons. The van der Waals surface area contributed by atoms with Gasteiger partial charge < -0.3 is 9.84 Å². The van der Waals surface area contributed by atoms with Gasteiger partial charge in [-0.1, -0.05) is 13.8 Å². The summed E-state index contributed by atoms with van der Waals surface area (Å²) in [7, 11) is 1.62. The lowest BCUT2D eigenvalue weighted by molar-refractivity contribution is -0.0141. The molecule has 16 heavy (non-hydrogen) atoms. The second-order valence-electron chi connectivity index (χ2n) is 3.85. The Morgan fingerprint density at radius 3 is 2.81 bits per heavy atom. The van der Waals surface area contributed by atoms with Crippen LogP contribution >= 0.6 is 0 Å². The van der Waals surface area contributed by atoms with Gasteiger partial charge in [0, 0.05) is 20.1 Å². The Morgan fingerprint density at radius 2 is 2.25 bits per heavy atom. The molecule has 0 aliphatic rings. The molecule has 92 valence electrons. The summed E-state index contributed by atoms with van der Waals surface area (Å²) >= 11 is 0. The molecule has 0 saturated carbocycles. The predicted molar refractivity (Wildman–Crippen MR) is 61.1 cm³/mol. The summed E-state index contributed by atoms with van der Waals surface area (Å²) in [6.07, 6.45) is 3.17. The standard InChI is InChI=1S/C11H21N3O2/c1-4-6-14-11(12-8-13-14)7-9(15)10(5-2)16-3/h8-10,15H,4-7H2,1-3H3. The molecule has 1 aromatic heterocycles. The Kier molecular flexibility index (Phi) is 5.42. The number of rotatable bonds is 7. The first kappa shape index (κ1) is 13.1. The number of nitrogens with zero attached hydrogens (tertiary/aromatic N) is 3. The summed E-state index contributed by atoms with van der Waals surface area (Å²) in [6.45, 7) is 4.92. The molecule has 1 N–H and O–H groups in total. The van der Waals surface area contributed by atoms with Crippen molar-refractivity contribution in [1.82, 2.24) is 14.8 Å². The van der Waals surface area contributed by atoms with Crippen LogP contribution in [0, 0.1) is 0 Å². The molecule has 0 aromatic carbocycles. The van der Waals surface area contributed by atoms with E-state index in [0.29, 0.717) is 6.42 Å². The molecule has 0 saturated heterocycles. The molecule has 2 unspecified atom stereocenters. The highest BCUT2D eigenvalue weighted by Gasteiger charge is 2.19. The molecule has 0 spiro atoms. The highest BCUT2D eigenvalue weighted by Crippen LogP contribution is 2.09. The van der Waals surface area contributed by atoms with Crippen LogP contribution in [0.2, 0.25) is 0 Å². The van der Waals surface area contributed by atoms with Gasteiger partial charge in [0.1, 0.15) is 12.2 Å². The first-order chi connectivity index (χ1) is 7.72. The van der Waals surface area contributed by atoms with Crippen molar-refractivity contribution in [3.8, 4) is 0 Å². The van der Waals surface area contributed by atoms with E-state index in [-0.39, 0.29) is 6.10 Å². The van der Waals surface area contributed by atoms with Crippen molar-refractivity contribution in [3.63, 3.8) is 0 Å². The third kappa shape index (κ3) is 3.28. The molecule has 0 aliphatic carbocycles. The number of methoxy groups -OCH3 is 1. The number of aromatic nitrogens is 3. The highest BCUT2D eigenvalue weighted by molar-refractivity contribution is 4.89. The monoisotopic (exact) mass is 227 g/mol. The summed E-state index contributed by atoms with van der Waals surface area (Å²) in [4.78, 5) is 4.16. The fourth-order valence-corrected chi connectivity index (χ4v) is 1.76. The number of aliphatic hydroxyl groups is 1. The number of hydrogen-bond donors (Lipinski definition) is 1. The van der Waals surface area contributed by atoms with Gasteiger partial charge >= 0.3 is 0 Å². The van der Waals surface area contributed by atoms with Crippen LogP contribution in [0.25, 0.3) is 0 Å². The average molecular weight is 227 g/mol. The minimum absolute atomic E-state index is 0.133. The van der Waals surface area contributed by atoms with Crippen LogP contribution in [-0.2, 0) is 17.7 Å². The molecule has 1 heterocycles. The first-order valence-corrected chi connectivity index (χ1v) is 5.80. The molecular formula is C11H21N3O2. The Bertz CT molecular complexity index is 297. The molecular weight excluding hydrogens is 206 g/mol. The van der Waals surface area contributed by atoms with E-state index in [4.69, 9.17) is 4.74 Å². The van der Waals surface area contributed by atoms with Crippen LogP contribution < -0.4 is 0 Å². The van der Waals surface area contributed by atoms with Crippen LogP contribution in [0.5, 0.6) is 0 Å². The summed E-state index contributed by atoms with van der Waals surface area (Å²) in [5.74, 6) is 0.824. The number of hydrogen-bond acceptors (Lipinski definition) is 4. The topological polar surface area (TPSA) is 60.2 Å². The van der Waals surface area contributed by atoms with Gasteiger partial charge in [0.2, 0.25) is 0 Å². The van der Waals surface area contributed by atoms with Crippen LogP contribution in [0.15, 0.2) is 6.33 Å². The minimum atomic E-state index is -0.519. The summed E-state index contributed by atoms with van der Waals surface area (Å²) in [5, 5.41) is 14.1. The number of aliphatic hydroxyl groups excluding tert-OH is 1. The molecule has 5 nitrogen and oxygen atoms in total. The van der Waals surface area contributed by atoms with Crippen molar-refractivity contribution in [1.29, 1.82) is 0 Å². The number of ether oxygens (including phenoxy) is 1.